The molecule has 1 N–H and O–H groups in total. The number of likely N-dealkylation sites (N-methyl/N-ethyl adjacent to an activating group) is 2. The van der Waals surface area contributed by atoms with Crippen molar-refractivity contribution in [3.05, 3.63) is 104 Å². The average molecular weight is 584 g/mol. The number of imidazole rings is 1. The normalized spacial score (nSPS) is 15.5. The third-order valence-electron chi connectivity index (χ3n) is 8.33. The molecule has 1 atom stereocenters. The van der Waals surface area contributed by atoms with Crippen molar-refractivity contribution < 1.29 is 4.79 Å². The fourth-order valence-corrected chi connectivity index (χ4v) is 5.92. The number of piperazine rings is 1. The maximum atomic E-state index is 13.5. The van der Waals surface area contributed by atoms with Crippen molar-refractivity contribution in [1.82, 2.24) is 34.3 Å². The summed E-state index contributed by atoms with van der Waals surface area (Å²) in [6.45, 7) is 4.64. The van der Waals surface area contributed by atoms with Crippen LogP contribution in [0.15, 0.2) is 104 Å². The predicted octanol–water partition coefficient (Wildman–Crippen LogP) is 5.66. The number of benzene rings is 3. The lowest BCUT2D eigenvalue weighted by atomic mass is 10.1. The molecule has 3 aromatic heterocycles. The van der Waals surface area contributed by atoms with E-state index in [4.69, 9.17) is 4.98 Å². The SMILES string of the molecule is CCN(c1nccc(-n2cnc3cc(-c4ccncc4)ccc32)n1)C1CN(C(=O)Nc2cccc3ccccc23)CCN1C. The highest BCUT2D eigenvalue weighted by molar-refractivity contribution is 6.01. The van der Waals surface area contributed by atoms with Gasteiger partial charge < -0.3 is 15.1 Å². The van der Waals surface area contributed by atoms with Crippen LogP contribution < -0.4 is 10.2 Å². The molecule has 0 bridgehead atoms. The van der Waals surface area contributed by atoms with E-state index in [1.807, 2.05) is 58.0 Å². The summed E-state index contributed by atoms with van der Waals surface area (Å²) in [5, 5.41) is 5.27. The summed E-state index contributed by atoms with van der Waals surface area (Å²) >= 11 is 0. The molecule has 10 heteroatoms. The molecule has 0 radical (unpaired) electrons. The molecule has 220 valence electrons. The minimum atomic E-state index is -0.110. The van der Waals surface area contributed by atoms with Crippen molar-refractivity contribution in [1.29, 1.82) is 0 Å². The van der Waals surface area contributed by atoms with Crippen LogP contribution in [0.2, 0.25) is 0 Å². The molecule has 4 heterocycles. The average Bonchev–Trinajstić information content (AvgIpc) is 3.50. The number of amides is 2. The Labute approximate surface area is 255 Å². The zero-order valence-corrected chi connectivity index (χ0v) is 24.7. The smallest absolute Gasteiger partial charge is 0.322 e. The van der Waals surface area contributed by atoms with Gasteiger partial charge >= 0.3 is 6.03 Å². The Hall–Kier alpha value is -5.35. The van der Waals surface area contributed by atoms with Crippen molar-refractivity contribution in [3.8, 4) is 16.9 Å². The van der Waals surface area contributed by atoms with Gasteiger partial charge in [0.05, 0.1) is 23.3 Å². The molecule has 7 rings (SSSR count). The van der Waals surface area contributed by atoms with E-state index < -0.39 is 0 Å². The first-order valence-electron chi connectivity index (χ1n) is 14.8. The number of nitrogens with one attached hydrogen (secondary N) is 1. The standard InChI is InChI=1S/C34H33N9O/c1-3-42(32-22-41(20-19-40(32)2)34(44)38-28-10-6-8-25-7-4-5-9-27(25)28)33-36-18-15-31(39-33)43-23-37-29-21-26(11-12-30(29)43)24-13-16-35-17-14-24/h4-18,21,23,32H,3,19-20,22H2,1-2H3,(H,38,44). The third kappa shape index (κ3) is 5.20. The van der Waals surface area contributed by atoms with Crippen LogP contribution in [-0.2, 0) is 0 Å². The van der Waals surface area contributed by atoms with Gasteiger partial charge in [-0.15, -0.1) is 0 Å². The quantitative estimate of drug-likeness (QED) is 0.270. The first kappa shape index (κ1) is 27.5. The number of carbonyl (C=O) groups is 1. The van der Waals surface area contributed by atoms with E-state index in [1.165, 1.54) is 0 Å². The van der Waals surface area contributed by atoms with E-state index >= 15 is 0 Å². The van der Waals surface area contributed by atoms with Gasteiger partial charge in [-0.1, -0.05) is 42.5 Å². The van der Waals surface area contributed by atoms with Gasteiger partial charge in [0.2, 0.25) is 5.95 Å². The Balaban J connectivity index is 1.12. The molecule has 0 saturated carbocycles. The zero-order chi connectivity index (χ0) is 30.0. The van der Waals surface area contributed by atoms with Crippen LogP contribution in [-0.4, -0.2) is 79.7 Å². The molecule has 44 heavy (non-hydrogen) atoms. The Morgan fingerprint density at radius 1 is 0.932 bits per heavy atom. The Morgan fingerprint density at radius 2 is 1.77 bits per heavy atom. The van der Waals surface area contributed by atoms with Crippen molar-refractivity contribution in [2.45, 2.75) is 13.1 Å². The summed E-state index contributed by atoms with van der Waals surface area (Å²) in [5.41, 5.74) is 4.83. The second kappa shape index (κ2) is 11.7. The third-order valence-corrected chi connectivity index (χ3v) is 8.33. The highest BCUT2D eigenvalue weighted by atomic mass is 16.2. The van der Waals surface area contributed by atoms with Gasteiger partial charge in [-0.3, -0.25) is 14.5 Å². The van der Waals surface area contributed by atoms with Crippen LogP contribution in [0.3, 0.4) is 0 Å². The summed E-state index contributed by atoms with van der Waals surface area (Å²) in [6.07, 6.45) is 7.08. The molecule has 0 aliphatic carbocycles. The van der Waals surface area contributed by atoms with E-state index in [0.717, 1.165) is 51.0 Å². The second-order valence-corrected chi connectivity index (χ2v) is 10.9. The van der Waals surface area contributed by atoms with Gasteiger partial charge in [0.1, 0.15) is 18.3 Å². The molecule has 0 spiro atoms. The van der Waals surface area contributed by atoms with E-state index in [9.17, 15) is 4.79 Å². The van der Waals surface area contributed by atoms with Gasteiger partial charge in [0.15, 0.2) is 0 Å². The van der Waals surface area contributed by atoms with Gasteiger partial charge in [-0.05, 0) is 66.9 Å². The molecular weight excluding hydrogens is 550 g/mol. The first-order valence-corrected chi connectivity index (χ1v) is 14.8. The minimum absolute atomic E-state index is 0.0929. The molecule has 1 aliphatic heterocycles. The largest absolute Gasteiger partial charge is 0.323 e. The van der Waals surface area contributed by atoms with Crippen LogP contribution in [0.4, 0.5) is 16.4 Å². The van der Waals surface area contributed by atoms with Crippen LogP contribution >= 0.6 is 0 Å². The summed E-state index contributed by atoms with van der Waals surface area (Å²) in [7, 11) is 2.08. The van der Waals surface area contributed by atoms with Crippen molar-refractivity contribution >= 4 is 39.5 Å². The summed E-state index contributed by atoms with van der Waals surface area (Å²) < 4.78 is 1.99. The van der Waals surface area contributed by atoms with Crippen molar-refractivity contribution in [2.24, 2.45) is 0 Å². The number of urea groups is 1. The van der Waals surface area contributed by atoms with Gasteiger partial charge in [0, 0.05) is 43.6 Å². The highest BCUT2D eigenvalue weighted by Crippen LogP contribution is 2.27. The number of pyridine rings is 1. The first-order chi connectivity index (χ1) is 21.6. The van der Waals surface area contributed by atoms with Crippen LogP contribution in [0.5, 0.6) is 0 Å². The highest BCUT2D eigenvalue weighted by Gasteiger charge is 2.32. The minimum Gasteiger partial charge on any atom is -0.323 e. The van der Waals surface area contributed by atoms with Crippen LogP contribution in [0.1, 0.15) is 6.92 Å². The maximum Gasteiger partial charge on any atom is 0.322 e. The summed E-state index contributed by atoms with van der Waals surface area (Å²) in [5.74, 6) is 1.34. The Kier molecular flexibility index (Phi) is 7.33. The number of carbonyl (C=O) groups excluding carboxylic acids is 1. The summed E-state index contributed by atoms with van der Waals surface area (Å²) in [4.78, 5) is 38.2. The molecule has 1 saturated heterocycles. The molecular formula is C34H33N9O. The predicted molar refractivity (Wildman–Crippen MR) is 174 cm³/mol. The zero-order valence-electron chi connectivity index (χ0n) is 24.7. The van der Waals surface area contributed by atoms with E-state index in [2.05, 4.69) is 74.4 Å². The van der Waals surface area contributed by atoms with Crippen molar-refractivity contribution in [3.63, 3.8) is 0 Å². The number of aromatic nitrogens is 5. The lowest BCUT2D eigenvalue weighted by Crippen LogP contribution is -2.61. The topological polar surface area (TPSA) is 95.3 Å². The van der Waals surface area contributed by atoms with Gasteiger partial charge in [-0.2, -0.15) is 4.98 Å². The van der Waals surface area contributed by atoms with Crippen LogP contribution in [0, 0.1) is 0 Å². The number of nitrogens with zero attached hydrogens (tertiary/aromatic N) is 8. The van der Waals surface area contributed by atoms with E-state index in [-0.39, 0.29) is 12.2 Å². The molecule has 10 nitrogen and oxygen atoms in total. The van der Waals surface area contributed by atoms with Gasteiger partial charge in [0.25, 0.3) is 0 Å². The Morgan fingerprint density at radius 3 is 2.64 bits per heavy atom. The lowest BCUT2D eigenvalue weighted by molar-refractivity contribution is 0.113. The fourth-order valence-electron chi connectivity index (χ4n) is 5.92. The van der Waals surface area contributed by atoms with Gasteiger partial charge in [-0.25, -0.2) is 14.8 Å². The number of rotatable bonds is 6. The number of anilines is 2. The molecule has 2 amide bonds. The number of hydrogen-bond acceptors (Lipinski definition) is 7. The molecule has 1 unspecified atom stereocenters. The lowest BCUT2D eigenvalue weighted by Gasteiger charge is -2.44. The summed E-state index contributed by atoms with van der Waals surface area (Å²) in [6, 6.07) is 26.1. The second-order valence-electron chi connectivity index (χ2n) is 10.9. The molecule has 1 aliphatic rings. The van der Waals surface area contributed by atoms with Crippen molar-refractivity contribution in [2.75, 3.05) is 43.4 Å². The molecule has 6 aromatic rings. The number of fused-ring (bicyclic) bond motifs is 2. The molecule has 3 aromatic carbocycles. The van der Waals surface area contributed by atoms with E-state index in [1.54, 1.807) is 24.9 Å². The maximum absolute atomic E-state index is 13.5. The van der Waals surface area contributed by atoms with E-state index in [0.29, 0.717) is 25.6 Å². The fraction of sp³-hybridized carbons (Fsp3) is 0.206. The monoisotopic (exact) mass is 583 g/mol. The molecule has 1 fully saturated rings. The Bertz CT molecular complexity index is 1940. The number of hydrogen-bond donors (Lipinski definition) is 1. The van der Waals surface area contributed by atoms with Crippen LogP contribution in [0.25, 0.3) is 38.8 Å².